The summed E-state index contributed by atoms with van der Waals surface area (Å²) >= 11 is 1.77. The Morgan fingerprint density at radius 2 is 2.12 bits per heavy atom. The molecule has 2 rings (SSSR count). The number of rotatable bonds is 3. The fraction of sp³-hybridized carbons (Fsp3) is 0.308. The summed E-state index contributed by atoms with van der Waals surface area (Å²) in [5.74, 6) is 1.04. The summed E-state index contributed by atoms with van der Waals surface area (Å²) in [7, 11) is 0. The van der Waals surface area contributed by atoms with E-state index in [2.05, 4.69) is 48.5 Å². The first-order valence-electron chi connectivity index (χ1n) is 5.46. The second kappa shape index (κ2) is 4.74. The molecule has 0 aliphatic carbocycles. The van der Waals surface area contributed by atoms with Crippen molar-refractivity contribution >= 4 is 11.8 Å². The van der Waals surface area contributed by atoms with E-state index < -0.39 is 0 Å². The van der Waals surface area contributed by atoms with E-state index in [9.17, 15) is 0 Å². The van der Waals surface area contributed by atoms with Crippen molar-refractivity contribution in [3.05, 3.63) is 41.7 Å². The lowest BCUT2D eigenvalue weighted by molar-refractivity contribution is 0.886. The average Bonchev–Trinajstić information content (AvgIpc) is 2.71. The molecule has 1 heterocycles. The van der Waals surface area contributed by atoms with Crippen molar-refractivity contribution in [3.8, 4) is 5.69 Å². The minimum absolute atomic E-state index is 1.04. The van der Waals surface area contributed by atoms with Crippen molar-refractivity contribution in [2.45, 2.75) is 25.9 Å². The van der Waals surface area contributed by atoms with Gasteiger partial charge in [-0.25, -0.2) is 4.98 Å². The summed E-state index contributed by atoms with van der Waals surface area (Å²) in [6.45, 7) is 6.44. The monoisotopic (exact) mass is 232 g/mol. The Morgan fingerprint density at radius 1 is 1.31 bits per heavy atom. The van der Waals surface area contributed by atoms with E-state index in [1.54, 1.807) is 11.8 Å². The van der Waals surface area contributed by atoms with Gasteiger partial charge in [-0.3, -0.25) is 4.57 Å². The standard InChI is InChI=1S/C13H16N2S/c1-4-16-13-14-8-9-15(13)12-7-5-6-10(2)11(12)3/h5-9H,4H2,1-3H3. The number of aryl methyl sites for hydroxylation is 1. The second-order valence-electron chi connectivity index (χ2n) is 3.73. The molecule has 0 bridgehead atoms. The highest BCUT2D eigenvalue weighted by Crippen LogP contribution is 2.23. The van der Waals surface area contributed by atoms with Gasteiger partial charge in [0.25, 0.3) is 0 Å². The van der Waals surface area contributed by atoms with Gasteiger partial charge in [-0.1, -0.05) is 30.8 Å². The molecule has 1 aromatic carbocycles. The smallest absolute Gasteiger partial charge is 0.172 e. The van der Waals surface area contributed by atoms with Crippen molar-refractivity contribution in [2.24, 2.45) is 0 Å². The minimum atomic E-state index is 1.04. The lowest BCUT2D eigenvalue weighted by atomic mass is 10.1. The highest BCUT2D eigenvalue weighted by Gasteiger charge is 2.07. The summed E-state index contributed by atoms with van der Waals surface area (Å²) in [5, 5.41) is 1.07. The highest BCUT2D eigenvalue weighted by atomic mass is 32.2. The summed E-state index contributed by atoms with van der Waals surface area (Å²) < 4.78 is 2.16. The lowest BCUT2D eigenvalue weighted by Crippen LogP contribution is -1.99. The third-order valence-electron chi connectivity index (χ3n) is 2.72. The maximum Gasteiger partial charge on any atom is 0.172 e. The zero-order valence-corrected chi connectivity index (χ0v) is 10.7. The molecular weight excluding hydrogens is 216 g/mol. The molecule has 0 aliphatic rings. The number of hydrogen-bond acceptors (Lipinski definition) is 2. The molecule has 0 N–H and O–H groups in total. The lowest BCUT2D eigenvalue weighted by Gasteiger charge is -2.11. The van der Waals surface area contributed by atoms with E-state index in [1.807, 2.05) is 12.4 Å². The molecule has 0 saturated heterocycles. The van der Waals surface area contributed by atoms with Gasteiger partial charge >= 0.3 is 0 Å². The minimum Gasteiger partial charge on any atom is -0.295 e. The molecule has 0 unspecified atom stereocenters. The quantitative estimate of drug-likeness (QED) is 0.752. The van der Waals surface area contributed by atoms with Gasteiger partial charge in [0.05, 0.1) is 5.69 Å². The van der Waals surface area contributed by atoms with E-state index in [4.69, 9.17) is 0 Å². The van der Waals surface area contributed by atoms with Crippen molar-refractivity contribution in [1.29, 1.82) is 0 Å². The van der Waals surface area contributed by atoms with Gasteiger partial charge in [0.1, 0.15) is 0 Å². The first kappa shape index (κ1) is 11.3. The van der Waals surface area contributed by atoms with Crippen LogP contribution in [0.1, 0.15) is 18.1 Å². The largest absolute Gasteiger partial charge is 0.295 e. The van der Waals surface area contributed by atoms with E-state index >= 15 is 0 Å². The maximum absolute atomic E-state index is 4.38. The van der Waals surface area contributed by atoms with Crippen molar-refractivity contribution in [2.75, 3.05) is 5.75 Å². The van der Waals surface area contributed by atoms with E-state index in [0.29, 0.717) is 0 Å². The van der Waals surface area contributed by atoms with Crippen LogP contribution in [0.4, 0.5) is 0 Å². The normalized spacial score (nSPS) is 10.7. The molecule has 0 amide bonds. The molecule has 0 radical (unpaired) electrons. The topological polar surface area (TPSA) is 17.8 Å². The van der Waals surface area contributed by atoms with Crippen LogP contribution in [0.5, 0.6) is 0 Å². The number of thioether (sulfide) groups is 1. The predicted molar refractivity (Wildman–Crippen MR) is 69.4 cm³/mol. The van der Waals surface area contributed by atoms with Crippen LogP contribution in [0.15, 0.2) is 35.7 Å². The molecule has 0 atom stereocenters. The van der Waals surface area contributed by atoms with Gasteiger partial charge in [0, 0.05) is 12.4 Å². The SMILES string of the molecule is CCSc1nccn1-c1cccc(C)c1C. The Labute approximate surface area is 101 Å². The van der Waals surface area contributed by atoms with E-state index in [-0.39, 0.29) is 0 Å². The Balaban J connectivity index is 2.50. The highest BCUT2D eigenvalue weighted by molar-refractivity contribution is 7.99. The number of benzene rings is 1. The van der Waals surface area contributed by atoms with Gasteiger partial charge in [0.15, 0.2) is 5.16 Å². The third kappa shape index (κ3) is 2.00. The van der Waals surface area contributed by atoms with E-state index in [0.717, 1.165) is 10.9 Å². The van der Waals surface area contributed by atoms with Crippen LogP contribution in [0, 0.1) is 13.8 Å². The molecule has 0 saturated carbocycles. The zero-order valence-electron chi connectivity index (χ0n) is 9.90. The van der Waals surface area contributed by atoms with Gasteiger partial charge in [-0.2, -0.15) is 0 Å². The van der Waals surface area contributed by atoms with Crippen LogP contribution in [-0.2, 0) is 0 Å². The van der Waals surface area contributed by atoms with Crippen LogP contribution in [-0.4, -0.2) is 15.3 Å². The Hall–Kier alpha value is -1.22. The molecule has 0 fully saturated rings. The van der Waals surface area contributed by atoms with Gasteiger partial charge < -0.3 is 0 Å². The van der Waals surface area contributed by atoms with Crippen LogP contribution in [0.2, 0.25) is 0 Å². The van der Waals surface area contributed by atoms with Crippen LogP contribution < -0.4 is 0 Å². The van der Waals surface area contributed by atoms with Crippen molar-refractivity contribution in [3.63, 3.8) is 0 Å². The van der Waals surface area contributed by atoms with Gasteiger partial charge in [0.2, 0.25) is 0 Å². The molecule has 84 valence electrons. The zero-order chi connectivity index (χ0) is 11.5. The predicted octanol–water partition coefficient (Wildman–Crippen LogP) is 3.60. The van der Waals surface area contributed by atoms with Crippen LogP contribution in [0.3, 0.4) is 0 Å². The molecular formula is C13H16N2S. The number of aromatic nitrogens is 2. The molecule has 0 spiro atoms. The van der Waals surface area contributed by atoms with Crippen LogP contribution in [0.25, 0.3) is 5.69 Å². The summed E-state index contributed by atoms with van der Waals surface area (Å²) in [6.07, 6.45) is 3.89. The number of nitrogens with zero attached hydrogens (tertiary/aromatic N) is 2. The fourth-order valence-electron chi connectivity index (χ4n) is 1.71. The van der Waals surface area contributed by atoms with Crippen molar-refractivity contribution in [1.82, 2.24) is 9.55 Å². The van der Waals surface area contributed by atoms with Crippen LogP contribution >= 0.6 is 11.8 Å². The Morgan fingerprint density at radius 3 is 2.88 bits per heavy atom. The average molecular weight is 232 g/mol. The summed E-state index contributed by atoms with van der Waals surface area (Å²) in [6, 6.07) is 6.38. The first-order chi connectivity index (χ1) is 7.74. The Bertz CT molecular complexity index is 488. The summed E-state index contributed by atoms with van der Waals surface area (Å²) in [4.78, 5) is 4.38. The maximum atomic E-state index is 4.38. The second-order valence-corrected chi connectivity index (χ2v) is 4.96. The number of hydrogen-bond donors (Lipinski definition) is 0. The fourth-order valence-corrected chi connectivity index (χ4v) is 2.40. The molecule has 16 heavy (non-hydrogen) atoms. The van der Waals surface area contributed by atoms with E-state index in [1.165, 1.54) is 16.8 Å². The Kier molecular flexibility index (Phi) is 3.34. The van der Waals surface area contributed by atoms with Gasteiger partial charge in [-0.05, 0) is 36.8 Å². The van der Waals surface area contributed by atoms with Crippen molar-refractivity contribution < 1.29 is 0 Å². The first-order valence-corrected chi connectivity index (χ1v) is 6.45. The molecule has 3 heteroatoms. The molecule has 1 aromatic heterocycles. The van der Waals surface area contributed by atoms with Gasteiger partial charge in [-0.15, -0.1) is 0 Å². The molecule has 0 aliphatic heterocycles. The molecule has 2 nitrogen and oxygen atoms in total. The third-order valence-corrected chi connectivity index (χ3v) is 3.56. The summed E-state index contributed by atoms with van der Waals surface area (Å²) in [5.41, 5.74) is 3.87. The molecule has 2 aromatic rings. The number of imidazole rings is 1.